The van der Waals surface area contributed by atoms with Crippen molar-refractivity contribution in [3.8, 4) is 0 Å². The van der Waals surface area contributed by atoms with Gasteiger partial charge in [0.2, 0.25) is 0 Å². The Bertz CT molecular complexity index is 513. The summed E-state index contributed by atoms with van der Waals surface area (Å²) in [7, 11) is 0. The van der Waals surface area contributed by atoms with Crippen LogP contribution < -0.4 is 0 Å². The SMILES string of the molecule is CC1(C)CN(Cc2ccc(Cl)nc2)C(C[N+](=O)[O-])=N1. The van der Waals surface area contributed by atoms with Gasteiger partial charge in [-0.3, -0.25) is 15.1 Å². The van der Waals surface area contributed by atoms with E-state index in [2.05, 4.69) is 9.98 Å². The third-order valence-electron chi connectivity index (χ3n) is 2.81. The quantitative estimate of drug-likeness (QED) is 0.481. The molecule has 0 radical (unpaired) electrons. The van der Waals surface area contributed by atoms with E-state index in [0.717, 1.165) is 5.56 Å². The third kappa shape index (κ3) is 3.64. The molecule has 1 aliphatic heterocycles. The van der Waals surface area contributed by atoms with Crippen LogP contribution in [0.4, 0.5) is 0 Å². The summed E-state index contributed by atoms with van der Waals surface area (Å²) < 4.78 is 0. The average Bonchev–Trinajstić information content (AvgIpc) is 2.55. The molecule has 0 fully saturated rings. The highest BCUT2D eigenvalue weighted by Gasteiger charge is 2.33. The highest BCUT2D eigenvalue weighted by molar-refractivity contribution is 6.29. The summed E-state index contributed by atoms with van der Waals surface area (Å²) in [6.45, 7) is 4.91. The van der Waals surface area contributed by atoms with E-state index in [1.807, 2.05) is 24.8 Å². The Hall–Kier alpha value is -1.69. The Labute approximate surface area is 116 Å². The van der Waals surface area contributed by atoms with Gasteiger partial charge in [0.1, 0.15) is 5.15 Å². The molecule has 1 aromatic rings. The topological polar surface area (TPSA) is 71.6 Å². The average molecular weight is 283 g/mol. The number of pyridine rings is 1. The number of nitrogens with zero attached hydrogens (tertiary/aromatic N) is 4. The molecule has 0 saturated carbocycles. The minimum absolute atomic E-state index is 0.246. The summed E-state index contributed by atoms with van der Waals surface area (Å²) in [5.41, 5.74) is 0.670. The Morgan fingerprint density at radius 3 is 2.84 bits per heavy atom. The molecule has 0 atom stereocenters. The lowest BCUT2D eigenvalue weighted by Gasteiger charge is -2.21. The first-order valence-electron chi connectivity index (χ1n) is 5.92. The zero-order valence-corrected chi connectivity index (χ0v) is 11.6. The minimum atomic E-state index is -0.354. The van der Waals surface area contributed by atoms with Crippen LogP contribution in [0.2, 0.25) is 5.15 Å². The maximum absolute atomic E-state index is 10.7. The molecule has 7 heteroatoms. The van der Waals surface area contributed by atoms with Crippen LogP contribution in [-0.2, 0) is 6.54 Å². The third-order valence-corrected chi connectivity index (χ3v) is 3.03. The molecule has 0 bridgehead atoms. The summed E-state index contributed by atoms with van der Waals surface area (Å²) in [4.78, 5) is 20.7. The molecule has 0 N–H and O–H groups in total. The first kappa shape index (κ1) is 13.7. The first-order chi connectivity index (χ1) is 8.85. The summed E-state index contributed by atoms with van der Waals surface area (Å²) in [5.74, 6) is 0.518. The fraction of sp³-hybridized carbons (Fsp3) is 0.500. The van der Waals surface area contributed by atoms with Crippen molar-refractivity contribution in [2.75, 3.05) is 13.1 Å². The van der Waals surface area contributed by atoms with Crippen molar-refractivity contribution in [3.63, 3.8) is 0 Å². The maximum Gasteiger partial charge on any atom is 0.260 e. The van der Waals surface area contributed by atoms with E-state index in [4.69, 9.17) is 11.6 Å². The lowest BCUT2D eigenvalue weighted by molar-refractivity contribution is -0.464. The minimum Gasteiger partial charge on any atom is -0.348 e. The molecule has 0 spiro atoms. The summed E-state index contributed by atoms with van der Waals surface area (Å²) in [5, 5.41) is 11.1. The lowest BCUT2D eigenvalue weighted by atomic mass is 10.1. The lowest BCUT2D eigenvalue weighted by Crippen LogP contribution is -2.34. The number of hydrogen-bond acceptors (Lipinski definition) is 5. The molecule has 0 amide bonds. The highest BCUT2D eigenvalue weighted by atomic mass is 35.5. The monoisotopic (exact) mass is 282 g/mol. The van der Waals surface area contributed by atoms with E-state index < -0.39 is 0 Å². The molecule has 1 aliphatic rings. The van der Waals surface area contributed by atoms with Gasteiger partial charge >= 0.3 is 0 Å². The molecule has 6 nitrogen and oxygen atoms in total. The number of aromatic nitrogens is 1. The fourth-order valence-corrected chi connectivity index (χ4v) is 2.24. The van der Waals surface area contributed by atoms with E-state index in [0.29, 0.717) is 24.1 Å². The van der Waals surface area contributed by atoms with E-state index in [9.17, 15) is 10.1 Å². The van der Waals surface area contributed by atoms with Crippen molar-refractivity contribution in [1.29, 1.82) is 0 Å². The summed E-state index contributed by atoms with van der Waals surface area (Å²) in [6.07, 6.45) is 1.68. The van der Waals surface area contributed by atoms with Crippen LogP contribution in [0, 0.1) is 10.1 Å². The van der Waals surface area contributed by atoms with Crippen LogP contribution in [0.3, 0.4) is 0 Å². The van der Waals surface area contributed by atoms with Gasteiger partial charge in [-0.15, -0.1) is 0 Å². The Kier molecular flexibility index (Phi) is 3.71. The van der Waals surface area contributed by atoms with Crippen molar-refractivity contribution < 1.29 is 4.92 Å². The van der Waals surface area contributed by atoms with Gasteiger partial charge in [0, 0.05) is 24.2 Å². The van der Waals surface area contributed by atoms with Crippen molar-refractivity contribution in [2.45, 2.75) is 25.9 Å². The second kappa shape index (κ2) is 5.13. The maximum atomic E-state index is 10.7. The summed E-state index contributed by atoms with van der Waals surface area (Å²) >= 11 is 5.73. The molecule has 0 saturated heterocycles. The molecule has 19 heavy (non-hydrogen) atoms. The van der Waals surface area contributed by atoms with E-state index in [1.54, 1.807) is 12.3 Å². The van der Waals surface area contributed by atoms with Gasteiger partial charge in [-0.1, -0.05) is 17.7 Å². The van der Waals surface area contributed by atoms with Crippen molar-refractivity contribution in [1.82, 2.24) is 9.88 Å². The number of halogens is 1. The Morgan fingerprint density at radius 1 is 1.53 bits per heavy atom. The van der Waals surface area contributed by atoms with Crippen LogP contribution in [-0.4, -0.2) is 39.3 Å². The van der Waals surface area contributed by atoms with Crippen LogP contribution in [0.25, 0.3) is 0 Å². The van der Waals surface area contributed by atoms with E-state index in [-0.39, 0.29) is 17.0 Å². The fourth-order valence-electron chi connectivity index (χ4n) is 2.13. The molecule has 0 unspecified atom stereocenters. The van der Waals surface area contributed by atoms with Crippen molar-refractivity contribution in [2.24, 2.45) is 4.99 Å². The number of aliphatic imine (C=N–C) groups is 1. The molecule has 0 aliphatic carbocycles. The Morgan fingerprint density at radius 2 is 2.26 bits per heavy atom. The van der Waals surface area contributed by atoms with Gasteiger partial charge in [-0.05, 0) is 25.5 Å². The second-order valence-electron chi connectivity index (χ2n) is 5.18. The summed E-state index contributed by atoms with van der Waals surface area (Å²) in [6, 6.07) is 3.58. The predicted molar refractivity (Wildman–Crippen MR) is 73.0 cm³/mol. The molecule has 0 aromatic carbocycles. The molecule has 2 heterocycles. The smallest absolute Gasteiger partial charge is 0.260 e. The normalized spacial score (nSPS) is 17.4. The molecule has 1 aromatic heterocycles. The van der Waals surface area contributed by atoms with Gasteiger partial charge in [-0.25, -0.2) is 4.98 Å². The van der Waals surface area contributed by atoms with Crippen LogP contribution in [0.15, 0.2) is 23.3 Å². The van der Waals surface area contributed by atoms with Gasteiger partial charge in [0.15, 0.2) is 5.84 Å². The number of rotatable bonds is 4. The molecular formula is C12H15ClN4O2. The largest absolute Gasteiger partial charge is 0.348 e. The number of hydrogen-bond donors (Lipinski definition) is 0. The first-order valence-corrected chi connectivity index (χ1v) is 6.29. The van der Waals surface area contributed by atoms with E-state index in [1.165, 1.54) is 0 Å². The second-order valence-corrected chi connectivity index (χ2v) is 5.56. The zero-order valence-electron chi connectivity index (χ0n) is 10.8. The predicted octanol–water partition coefficient (Wildman–Crippen LogP) is 2.00. The standard InChI is InChI=1S/C12H15ClN4O2/c1-12(2)8-16(11(15-12)7-17(18)19)6-9-3-4-10(13)14-5-9/h3-5H,6-8H2,1-2H3. The van der Waals surface area contributed by atoms with Crippen LogP contribution in [0.1, 0.15) is 19.4 Å². The van der Waals surface area contributed by atoms with Gasteiger partial charge in [0.25, 0.3) is 6.54 Å². The number of amidine groups is 1. The van der Waals surface area contributed by atoms with Crippen molar-refractivity contribution in [3.05, 3.63) is 39.2 Å². The molecular weight excluding hydrogens is 268 g/mol. The Balaban J connectivity index is 2.13. The molecule has 102 valence electrons. The van der Waals surface area contributed by atoms with Crippen molar-refractivity contribution >= 4 is 17.4 Å². The van der Waals surface area contributed by atoms with E-state index >= 15 is 0 Å². The highest BCUT2D eigenvalue weighted by Crippen LogP contribution is 2.22. The van der Waals surface area contributed by atoms with Gasteiger partial charge < -0.3 is 4.90 Å². The van der Waals surface area contributed by atoms with Crippen LogP contribution in [0.5, 0.6) is 0 Å². The number of nitro groups is 1. The van der Waals surface area contributed by atoms with Crippen LogP contribution >= 0.6 is 11.6 Å². The molecule has 2 rings (SSSR count). The van der Waals surface area contributed by atoms with Gasteiger partial charge in [-0.2, -0.15) is 0 Å². The van der Waals surface area contributed by atoms with Gasteiger partial charge in [0.05, 0.1) is 5.54 Å². The zero-order chi connectivity index (χ0) is 14.0.